The molecule has 3 saturated heterocycles. The molecule has 0 aliphatic carbocycles. The van der Waals surface area contributed by atoms with Gasteiger partial charge in [-0.1, -0.05) is 112 Å². The summed E-state index contributed by atoms with van der Waals surface area (Å²) >= 11 is 17.0. The van der Waals surface area contributed by atoms with E-state index < -0.39 is 75.4 Å². The molecule has 0 radical (unpaired) electrons. The lowest BCUT2D eigenvalue weighted by Gasteiger charge is -2.34. The number of alkyl carbamates (subject to hydrolysis) is 1. The van der Waals surface area contributed by atoms with Gasteiger partial charge in [0, 0.05) is 142 Å². The van der Waals surface area contributed by atoms with Crippen molar-refractivity contribution in [2.24, 2.45) is 0 Å². The third-order valence-electron chi connectivity index (χ3n) is 20.2. The molecule has 0 unspecified atom stereocenters. The first-order valence-corrected chi connectivity index (χ1v) is 48.4. The van der Waals surface area contributed by atoms with Crippen molar-refractivity contribution in [3.8, 4) is 0 Å². The van der Waals surface area contributed by atoms with Gasteiger partial charge in [0.2, 0.25) is 33.3 Å². The van der Waals surface area contributed by atoms with Crippen LogP contribution in [-0.2, 0) is 153 Å². The number of imide groups is 3. The van der Waals surface area contributed by atoms with Crippen molar-refractivity contribution < 1.29 is 158 Å². The maximum absolute atomic E-state index is 14.0. The van der Waals surface area contributed by atoms with Crippen LogP contribution < -0.4 is 31.9 Å². The van der Waals surface area contributed by atoms with Crippen LogP contribution in [0.3, 0.4) is 0 Å². The van der Waals surface area contributed by atoms with Gasteiger partial charge in [-0.3, -0.25) is 62.3 Å². The molecule has 3 aliphatic rings. The Bertz CT molecular complexity index is 3080. The van der Waals surface area contributed by atoms with E-state index in [0.717, 1.165) is 96.3 Å². The number of carbonyl (C=O) groups is 17. The lowest BCUT2D eigenvalue weighted by molar-refractivity contribution is -0.198. The minimum absolute atomic E-state index is 0.00390. The average molecular weight is 1980 g/mol. The number of rotatable bonds is 90. The van der Waals surface area contributed by atoms with Crippen molar-refractivity contribution in [1.29, 1.82) is 0 Å². The van der Waals surface area contributed by atoms with E-state index in [4.69, 9.17) is 111 Å². The van der Waals surface area contributed by atoms with E-state index in [9.17, 15) is 81.5 Å². The molecule has 12 amide bonds. The van der Waals surface area contributed by atoms with Gasteiger partial charge < -0.3 is 108 Å². The van der Waals surface area contributed by atoms with Crippen LogP contribution in [0.5, 0.6) is 0 Å². The van der Waals surface area contributed by atoms with Crippen LogP contribution >= 0.6 is 34.8 Å². The second kappa shape index (κ2) is 79.1. The van der Waals surface area contributed by atoms with Crippen LogP contribution in [0.25, 0.3) is 0 Å². The lowest BCUT2D eigenvalue weighted by atomic mass is 10.0. The molecule has 766 valence electrons. The summed E-state index contributed by atoms with van der Waals surface area (Å²) in [6.07, 6.45) is 17.6. The van der Waals surface area contributed by atoms with Crippen LogP contribution in [0.4, 0.5) is 4.79 Å². The minimum atomic E-state index is -1.74. The van der Waals surface area contributed by atoms with Crippen molar-refractivity contribution in [2.75, 3.05) is 198 Å². The number of amides is 12. The second-order valence-electron chi connectivity index (χ2n) is 32.0. The summed E-state index contributed by atoms with van der Waals surface area (Å²) in [7, 11) is 0. The highest BCUT2D eigenvalue weighted by Gasteiger charge is 2.37. The van der Waals surface area contributed by atoms with Gasteiger partial charge >= 0.3 is 24.0 Å². The number of hydroxylamine groups is 6. The quantitative estimate of drug-likeness (QED) is 0.0206. The number of nitrogens with one attached hydrogen (secondary N) is 6. The van der Waals surface area contributed by atoms with Crippen LogP contribution in [-0.4, -0.2) is 323 Å². The first-order valence-electron chi connectivity index (χ1n) is 47.3. The van der Waals surface area contributed by atoms with Crippen molar-refractivity contribution in [3.05, 3.63) is 0 Å². The Balaban J connectivity index is 1.41. The van der Waals surface area contributed by atoms with Gasteiger partial charge in [0.15, 0.2) is 0 Å². The number of unbranched alkanes of at least 4 members (excludes halogenated alkanes) is 16. The number of hydrogen-bond acceptors (Lipinski definition) is 33. The van der Waals surface area contributed by atoms with Gasteiger partial charge in [0.05, 0.1) is 165 Å². The first-order chi connectivity index (χ1) is 64.7. The first kappa shape index (κ1) is 120. The molecule has 0 saturated carbocycles. The summed E-state index contributed by atoms with van der Waals surface area (Å²) in [5, 5.41) is 18.8. The number of nitrogens with zero attached hydrogens (tertiary/aromatic N) is 3. The number of ketones is 2. The molecule has 6 N–H and O–H groups in total. The van der Waals surface area contributed by atoms with E-state index in [0.29, 0.717) is 178 Å². The van der Waals surface area contributed by atoms with Gasteiger partial charge in [-0.05, 0) is 64.2 Å². The highest BCUT2D eigenvalue weighted by Crippen LogP contribution is 2.26. The SMILES string of the molecule is O=C(CCCCCCCNC(=O)CCOCC(COCCC(=O)NCCCCCCCC(=O)CCCOCCOCCOCCC(=O)ON1C(=O)CCC1=O)(COCCC(=O)NCCCCCCCC(=O)NCCOCCOCCOCCC(=O)ON1C(=O)CCC1=O)NC(=O)CCCCCCCNC(=O)OCC(Cl)(Cl)Cl)CCCOCCOCCOCCC(=O)ON1C(=O)CCC1=O. The highest BCUT2D eigenvalue weighted by atomic mass is 35.6. The highest BCUT2D eigenvalue weighted by molar-refractivity contribution is 6.67. The molecule has 0 bridgehead atoms. The van der Waals surface area contributed by atoms with Crippen molar-refractivity contribution >= 4 is 135 Å². The molecule has 45 heteroatoms. The van der Waals surface area contributed by atoms with E-state index in [1.807, 2.05) is 0 Å². The maximum Gasteiger partial charge on any atom is 0.407 e. The third kappa shape index (κ3) is 67.4. The van der Waals surface area contributed by atoms with Crippen LogP contribution in [0, 0.1) is 0 Å². The molecule has 42 nitrogen and oxygen atoms in total. The lowest BCUT2D eigenvalue weighted by Crippen LogP contribution is -2.58. The molecule has 0 spiro atoms. The van der Waals surface area contributed by atoms with Crippen LogP contribution in [0.2, 0.25) is 0 Å². The molecular formula is C89H146Cl3N9O33. The summed E-state index contributed by atoms with van der Waals surface area (Å²) in [5.41, 5.74) is -1.34. The minimum Gasteiger partial charge on any atom is -0.445 e. The number of Topliss-reactive ketones (excluding diaryl/α,β-unsaturated/α-hetero) is 2. The number of ether oxygens (including phenoxy) is 13. The van der Waals surface area contributed by atoms with Crippen LogP contribution in [0.15, 0.2) is 0 Å². The van der Waals surface area contributed by atoms with Crippen molar-refractivity contribution in [3.63, 3.8) is 0 Å². The van der Waals surface area contributed by atoms with Gasteiger partial charge in [0.1, 0.15) is 23.7 Å². The molecule has 134 heavy (non-hydrogen) atoms. The molecular weight excluding hydrogens is 1830 g/mol. The Morgan fingerprint density at radius 1 is 0.239 bits per heavy atom. The Labute approximate surface area is 800 Å². The number of hydrogen-bond donors (Lipinski definition) is 6. The van der Waals surface area contributed by atoms with Gasteiger partial charge in [-0.25, -0.2) is 19.2 Å². The van der Waals surface area contributed by atoms with Crippen molar-refractivity contribution in [2.45, 2.75) is 266 Å². The smallest absolute Gasteiger partial charge is 0.407 e. The van der Waals surface area contributed by atoms with E-state index in [2.05, 4.69) is 31.9 Å². The number of carbonyl (C=O) groups excluding carboxylic acids is 17. The maximum atomic E-state index is 14.0. The van der Waals surface area contributed by atoms with E-state index in [-0.39, 0.29) is 230 Å². The summed E-state index contributed by atoms with van der Waals surface area (Å²) in [6.45, 7) is 5.45. The topological polar surface area (TPSA) is 520 Å². The normalized spacial score (nSPS) is 13.4. The molecule has 0 aromatic heterocycles. The van der Waals surface area contributed by atoms with E-state index in [1.54, 1.807) is 0 Å². The fourth-order valence-electron chi connectivity index (χ4n) is 12.9. The fraction of sp³-hybridized carbons (Fsp3) is 0.809. The zero-order valence-electron chi connectivity index (χ0n) is 77.9. The zero-order chi connectivity index (χ0) is 97.6. The predicted octanol–water partition coefficient (Wildman–Crippen LogP) is 6.83. The number of halogens is 3. The molecule has 3 heterocycles. The predicted molar refractivity (Wildman–Crippen MR) is 481 cm³/mol. The van der Waals surface area contributed by atoms with E-state index in [1.165, 1.54) is 0 Å². The number of alkyl halides is 3. The zero-order valence-corrected chi connectivity index (χ0v) is 80.2. The molecule has 0 atom stereocenters. The summed E-state index contributed by atoms with van der Waals surface area (Å²) in [6, 6.07) is 0. The summed E-state index contributed by atoms with van der Waals surface area (Å²) in [4.78, 5) is 222. The Kier molecular flexibility index (Phi) is 71.1. The second-order valence-corrected chi connectivity index (χ2v) is 34.5. The fourth-order valence-corrected chi connectivity index (χ4v) is 13.1. The molecule has 3 aliphatic heterocycles. The Morgan fingerprint density at radius 2 is 0.485 bits per heavy atom. The van der Waals surface area contributed by atoms with E-state index >= 15 is 0 Å². The largest absolute Gasteiger partial charge is 0.445 e. The van der Waals surface area contributed by atoms with Gasteiger partial charge in [-0.2, -0.15) is 0 Å². The Hall–Kier alpha value is -7.82. The summed E-state index contributed by atoms with van der Waals surface area (Å²) in [5.74, 6) is -6.41. The Morgan fingerprint density at radius 3 is 0.813 bits per heavy atom. The average Bonchev–Trinajstić information content (AvgIpc) is 1.86. The third-order valence-corrected chi connectivity index (χ3v) is 20.6. The summed E-state index contributed by atoms with van der Waals surface area (Å²) < 4.78 is 70.7. The van der Waals surface area contributed by atoms with Gasteiger partial charge in [-0.15, -0.1) is 15.2 Å². The standard InChI is InChI=1S/C89H146Cl3N9O33/c90-89(91,92)70-131-87(118)97-44-20-12-4-8-16-28-77(108)98-88(67-128-48-35-74(105)93-41-17-9-1-5-13-23-71(102)25-21-46-119-55-61-125-63-57-121-51-38-84(115)132-99-78(109)29-30-79(99)110,68-129-49-36-75(106)94-42-18-10-2-6-14-24-72(103)26-22-47-120-56-62-126-64-58-122-52-39-85(116)133-100-80(111)31-32-81(100)112)69-130-50-37-76(107)95-43-19-11-3-7-15-27-73(104)96-45-54-124-60-66-127-65-59-123-53-40-86(117)134-101-82(113)33-34-83(101)114/h1-70H2,(H,93,105)(H,94,106)(H,95,107)(H,96,104)(H,97,118)(H,98,108). The van der Waals surface area contributed by atoms with Crippen molar-refractivity contribution in [1.82, 2.24) is 47.1 Å². The monoisotopic (exact) mass is 1970 g/mol. The van der Waals surface area contributed by atoms with Gasteiger partial charge in [0.25, 0.3) is 35.4 Å². The molecule has 3 rings (SSSR count). The molecule has 3 fully saturated rings. The van der Waals surface area contributed by atoms with Crippen LogP contribution in [0.1, 0.15) is 257 Å². The molecule has 0 aromatic rings. The molecule has 0 aromatic carbocycles.